The number of nitrogen functional groups attached to an aromatic ring is 1. The first-order valence-electron chi connectivity index (χ1n) is 5.57. The Morgan fingerprint density at radius 1 is 1.50 bits per heavy atom. The first-order chi connectivity index (χ1) is 8.45. The van der Waals surface area contributed by atoms with Crippen LogP contribution in [-0.2, 0) is 14.8 Å². The van der Waals surface area contributed by atoms with Gasteiger partial charge < -0.3 is 10.5 Å². The van der Waals surface area contributed by atoms with Crippen LogP contribution in [0.2, 0.25) is 0 Å². The standard InChI is InChI=1S/C9H16N4O3S2/c1-6-3-4-13(5-7(6)16-2)18(14,15)9-12-11-8(10)17-9/h6-7H,3-5H2,1-2H3,(H2,10,11). The third kappa shape index (κ3) is 2.48. The predicted molar refractivity (Wildman–Crippen MR) is 67.7 cm³/mol. The second-order valence-corrected chi connectivity index (χ2v) is 7.43. The number of nitrogens with two attached hydrogens (primary N) is 1. The third-order valence-corrected chi connectivity index (χ3v) is 6.10. The van der Waals surface area contributed by atoms with Crippen molar-refractivity contribution in [2.75, 3.05) is 25.9 Å². The molecule has 9 heteroatoms. The summed E-state index contributed by atoms with van der Waals surface area (Å²) in [6.45, 7) is 2.88. The van der Waals surface area contributed by atoms with Gasteiger partial charge in [0.05, 0.1) is 6.10 Å². The lowest BCUT2D eigenvalue weighted by molar-refractivity contribution is 0.0183. The van der Waals surface area contributed by atoms with Crippen molar-refractivity contribution in [3.63, 3.8) is 0 Å². The minimum atomic E-state index is -3.59. The summed E-state index contributed by atoms with van der Waals surface area (Å²) in [4.78, 5) is 0. The van der Waals surface area contributed by atoms with Gasteiger partial charge in [-0.2, -0.15) is 4.31 Å². The van der Waals surface area contributed by atoms with Crippen LogP contribution in [0.5, 0.6) is 0 Å². The summed E-state index contributed by atoms with van der Waals surface area (Å²) < 4.78 is 31.2. The smallest absolute Gasteiger partial charge is 0.272 e. The molecule has 18 heavy (non-hydrogen) atoms. The average molecular weight is 292 g/mol. The quantitative estimate of drug-likeness (QED) is 0.852. The Labute approximate surface area is 110 Å². The number of hydrogen-bond donors (Lipinski definition) is 1. The number of methoxy groups -OCH3 is 1. The molecule has 102 valence electrons. The second kappa shape index (κ2) is 5.08. The topological polar surface area (TPSA) is 98.4 Å². The maximum atomic E-state index is 12.3. The van der Waals surface area contributed by atoms with E-state index in [2.05, 4.69) is 17.1 Å². The lowest BCUT2D eigenvalue weighted by atomic mass is 9.97. The molecule has 1 aromatic rings. The van der Waals surface area contributed by atoms with E-state index in [1.54, 1.807) is 7.11 Å². The van der Waals surface area contributed by atoms with Crippen molar-refractivity contribution in [2.24, 2.45) is 5.92 Å². The molecule has 1 fully saturated rings. The van der Waals surface area contributed by atoms with E-state index < -0.39 is 10.0 Å². The summed E-state index contributed by atoms with van der Waals surface area (Å²) in [5, 5.41) is 7.30. The molecule has 2 unspecified atom stereocenters. The summed E-state index contributed by atoms with van der Waals surface area (Å²) in [5.41, 5.74) is 5.42. The Balaban J connectivity index is 2.21. The Kier molecular flexibility index (Phi) is 3.85. The normalized spacial score (nSPS) is 26.3. The zero-order valence-corrected chi connectivity index (χ0v) is 11.9. The fourth-order valence-electron chi connectivity index (χ4n) is 1.97. The number of sulfonamides is 1. The third-order valence-electron chi connectivity index (χ3n) is 3.14. The molecule has 1 saturated heterocycles. The lowest BCUT2D eigenvalue weighted by Gasteiger charge is -2.34. The molecule has 2 heterocycles. The molecule has 0 aliphatic carbocycles. The molecule has 2 N–H and O–H groups in total. The first kappa shape index (κ1) is 13.7. The van der Waals surface area contributed by atoms with E-state index in [9.17, 15) is 8.42 Å². The molecule has 1 aliphatic heterocycles. The summed E-state index contributed by atoms with van der Waals surface area (Å²) >= 11 is 0.883. The summed E-state index contributed by atoms with van der Waals surface area (Å²) in [6.07, 6.45) is 0.685. The van der Waals surface area contributed by atoms with Gasteiger partial charge in [0.15, 0.2) is 0 Å². The molecule has 2 atom stereocenters. The molecule has 0 bridgehead atoms. The van der Waals surface area contributed by atoms with Crippen molar-refractivity contribution in [1.29, 1.82) is 0 Å². The van der Waals surface area contributed by atoms with E-state index in [0.29, 0.717) is 19.0 Å². The van der Waals surface area contributed by atoms with Gasteiger partial charge in [-0.1, -0.05) is 18.3 Å². The van der Waals surface area contributed by atoms with Gasteiger partial charge >= 0.3 is 0 Å². The predicted octanol–water partition coefficient (Wildman–Crippen LogP) is 0.166. The van der Waals surface area contributed by atoms with Gasteiger partial charge in [-0.3, -0.25) is 0 Å². The van der Waals surface area contributed by atoms with E-state index in [4.69, 9.17) is 10.5 Å². The van der Waals surface area contributed by atoms with Crippen LogP contribution >= 0.6 is 11.3 Å². The van der Waals surface area contributed by atoms with Crippen molar-refractivity contribution in [2.45, 2.75) is 23.8 Å². The highest BCUT2D eigenvalue weighted by atomic mass is 32.2. The van der Waals surface area contributed by atoms with Crippen LogP contribution in [-0.4, -0.2) is 49.2 Å². The average Bonchev–Trinajstić information content (AvgIpc) is 2.77. The van der Waals surface area contributed by atoms with E-state index >= 15 is 0 Å². The van der Waals surface area contributed by atoms with Crippen molar-refractivity contribution in [3.8, 4) is 0 Å². The van der Waals surface area contributed by atoms with Crippen LogP contribution < -0.4 is 5.73 Å². The molecule has 0 saturated carbocycles. The summed E-state index contributed by atoms with van der Waals surface area (Å²) in [6, 6.07) is 0. The van der Waals surface area contributed by atoms with Crippen LogP contribution in [0.3, 0.4) is 0 Å². The largest absolute Gasteiger partial charge is 0.380 e. The van der Waals surface area contributed by atoms with Crippen LogP contribution in [0.4, 0.5) is 5.13 Å². The van der Waals surface area contributed by atoms with Gasteiger partial charge in [-0.25, -0.2) is 8.42 Å². The SMILES string of the molecule is COC1CN(S(=O)(=O)c2nnc(N)s2)CCC1C. The Morgan fingerprint density at radius 3 is 2.78 bits per heavy atom. The van der Waals surface area contributed by atoms with Crippen LogP contribution in [0.15, 0.2) is 4.34 Å². The van der Waals surface area contributed by atoms with Crippen LogP contribution in [0.25, 0.3) is 0 Å². The molecule has 7 nitrogen and oxygen atoms in total. The number of ether oxygens (including phenoxy) is 1. The molecule has 0 radical (unpaired) electrons. The van der Waals surface area contributed by atoms with Gasteiger partial charge in [0.2, 0.25) is 9.47 Å². The highest BCUT2D eigenvalue weighted by molar-refractivity contribution is 7.91. The highest BCUT2D eigenvalue weighted by Crippen LogP contribution is 2.27. The molecule has 0 amide bonds. The second-order valence-electron chi connectivity index (χ2n) is 4.31. The van der Waals surface area contributed by atoms with Gasteiger partial charge in [-0.15, -0.1) is 10.2 Å². The van der Waals surface area contributed by atoms with Crippen LogP contribution in [0.1, 0.15) is 13.3 Å². The van der Waals surface area contributed by atoms with Crippen molar-refractivity contribution >= 4 is 26.5 Å². The Morgan fingerprint density at radius 2 is 2.22 bits per heavy atom. The molecular formula is C9H16N4O3S2. The maximum absolute atomic E-state index is 12.3. The fraction of sp³-hybridized carbons (Fsp3) is 0.778. The number of piperidine rings is 1. The first-order valence-corrected chi connectivity index (χ1v) is 7.82. The molecule has 0 spiro atoms. The zero-order chi connectivity index (χ0) is 13.3. The molecule has 1 aliphatic rings. The van der Waals surface area contributed by atoms with Gasteiger partial charge in [0, 0.05) is 20.2 Å². The zero-order valence-electron chi connectivity index (χ0n) is 10.2. The van der Waals surface area contributed by atoms with Crippen molar-refractivity contribution in [1.82, 2.24) is 14.5 Å². The number of hydrogen-bond acceptors (Lipinski definition) is 7. The minimum Gasteiger partial charge on any atom is -0.380 e. The van der Waals surface area contributed by atoms with Crippen molar-refractivity contribution in [3.05, 3.63) is 0 Å². The number of anilines is 1. The summed E-state index contributed by atoms with van der Waals surface area (Å²) in [5.74, 6) is 0.348. The maximum Gasteiger partial charge on any atom is 0.272 e. The molecule has 2 rings (SSSR count). The van der Waals surface area contributed by atoms with E-state index in [1.165, 1.54) is 4.31 Å². The molecule has 1 aromatic heterocycles. The monoisotopic (exact) mass is 292 g/mol. The van der Waals surface area contributed by atoms with E-state index in [0.717, 1.165) is 17.8 Å². The highest BCUT2D eigenvalue weighted by Gasteiger charge is 2.35. The van der Waals surface area contributed by atoms with Crippen molar-refractivity contribution < 1.29 is 13.2 Å². The van der Waals surface area contributed by atoms with E-state index in [-0.39, 0.29) is 15.6 Å². The Bertz CT molecular complexity index is 516. The van der Waals surface area contributed by atoms with Crippen LogP contribution in [0, 0.1) is 5.92 Å². The van der Waals surface area contributed by atoms with Gasteiger partial charge in [0.1, 0.15) is 0 Å². The van der Waals surface area contributed by atoms with Gasteiger partial charge in [0.25, 0.3) is 10.0 Å². The van der Waals surface area contributed by atoms with E-state index in [1.807, 2.05) is 0 Å². The number of rotatable bonds is 3. The molecule has 0 aromatic carbocycles. The Hall–Kier alpha value is -0.770. The minimum absolute atomic E-state index is 0.0515. The summed E-state index contributed by atoms with van der Waals surface area (Å²) in [7, 11) is -1.99. The number of nitrogens with zero attached hydrogens (tertiary/aromatic N) is 3. The van der Waals surface area contributed by atoms with Gasteiger partial charge in [-0.05, 0) is 12.3 Å². The number of aromatic nitrogens is 2. The lowest BCUT2D eigenvalue weighted by Crippen LogP contribution is -2.46. The molecular weight excluding hydrogens is 276 g/mol. The fourth-order valence-corrected chi connectivity index (χ4v) is 4.36.